The summed E-state index contributed by atoms with van der Waals surface area (Å²) in [6, 6.07) is 3.38. The SMILES string of the molecule is C=CC(=O)N1C[C@@H]2COc3c(F)c4nc5c3c(nc(=O)n5cc(C=C)oc3cccc(F)c34)N2C[C@@H]1C. The molecule has 2 aliphatic rings. The van der Waals surface area contributed by atoms with E-state index in [-0.39, 0.29) is 69.9 Å². The predicted octanol–water partition coefficient (Wildman–Crippen LogP) is 3.46. The van der Waals surface area contributed by atoms with Crippen molar-refractivity contribution in [2.24, 2.45) is 0 Å². The van der Waals surface area contributed by atoms with Crippen LogP contribution >= 0.6 is 0 Å². The van der Waals surface area contributed by atoms with Gasteiger partial charge in [-0.25, -0.2) is 23.0 Å². The molecule has 0 aliphatic carbocycles. The molecule has 37 heavy (non-hydrogen) atoms. The number of benzene rings is 1. The molecule has 2 bridgehead atoms. The van der Waals surface area contributed by atoms with Gasteiger partial charge in [0.15, 0.2) is 17.2 Å². The number of pyridine rings is 1. The van der Waals surface area contributed by atoms with Crippen LogP contribution in [0.15, 0.2) is 52.8 Å². The first-order valence-corrected chi connectivity index (χ1v) is 11.6. The fraction of sp³-hybridized carbons (Fsp3) is 0.231. The lowest BCUT2D eigenvalue weighted by Gasteiger charge is -2.44. The maximum atomic E-state index is 16.2. The van der Waals surface area contributed by atoms with E-state index in [0.717, 1.165) is 4.40 Å². The Morgan fingerprint density at radius 3 is 2.76 bits per heavy atom. The van der Waals surface area contributed by atoms with Crippen molar-refractivity contribution in [3.63, 3.8) is 0 Å². The van der Waals surface area contributed by atoms with Crippen LogP contribution in [0.3, 0.4) is 0 Å². The van der Waals surface area contributed by atoms with E-state index in [1.165, 1.54) is 36.5 Å². The minimum absolute atomic E-state index is 0.00316. The Hall–Kier alpha value is -4.54. The first-order chi connectivity index (χ1) is 17.8. The number of halogens is 2. The summed E-state index contributed by atoms with van der Waals surface area (Å²) in [7, 11) is 0. The van der Waals surface area contributed by atoms with Crippen LogP contribution < -0.4 is 15.3 Å². The summed E-state index contributed by atoms with van der Waals surface area (Å²) in [6.45, 7) is 9.69. The van der Waals surface area contributed by atoms with E-state index in [2.05, 4.69) is 23.1 Å². The lowest BCUT2D eigenvalue weighted by atomic mass is 10.1. The molecule has 0 spiro atoms. The molecule has 0 saturated carbocycles. The Labute approximate surface area is 208 Å². The summed E-state index contributed by atoms with van der Waals surface area (Å²) in [5, 5.41) is -0.0504. The number of nitrogens with zero attached hydrogens (tertiary/aromatic N) is 5. The molecule has 1 fully saturated rings. The number of piperazine rings is 1. The highest BCUT2D eigenvalue weighted by Gasteiger charge is 2.39. The monoisotopic (exact) mass is 505 g/mol. The Bertz CT molecular complexity index is 1740. The Kier molecular flexibility index (Phi) is 5.11. The van der Waals surface area contributed by atoms with Gasteiger partial charge in [-0.3, -0.25) is 4.79 Å². The highest BCUT2D eigenvalue weighted by molar-refractivity contribution is 6.01. The summed E-state index contributed by atoms with van der Waals surface area (Å²) >= 11 is 0. The fourth-order valence-electron chi connectivity index (χ4n) is 5.06. The first kappa shape index (κ1) is 22.9. The van der Waals surface area contributed by atoms with Crippen LogP contribution in [0.5, 0.6) is 5.75 Å². The molecule has 9 nitrogen and oxygen atoms in total. The number of rotatable bonds is 2. The van der Waals surface area contributed by atoms with Gasteiger partial charge in [0.1, 0.15) is 40.5 Å². The number of aromatic nitrogens is 3. The molecule has 2 aliphatic heterocycles. The lowest BCUT2D eigenvalue weighted by Crippen LogP contribution is -2.60. The number of anilines is 1. The summed E-state index contributed by atoms with van der Waals surface area (Å²) in [6.07, 6.45) is 3.90. The molecule has 0 N–H and O–H groups in total. The molecule has 2 atom stereocenters. The Morgan fingerprint density at radius 2 is 2.00 bits per heavy atom. The zero-order valence-corrected chi connectivity index (χ0v) is 19.8. The maximum Gasteiger partial charge on any atom is 0.355 e. The number of fused-ring (bicyclic) bond motifs is 5. The van der Waals surface area contributed by atoms with Gasteiger partial charge in [-0.1, -0.05) is 19.2 Å². The largest absolute Gasteiger partial charge is 0.487 e. The molecule has 1 amide bonds. The van der Waals surface area contributed by atoms with Crippen molar-refractivity contribution < 1.29 is 22.7 Å². The number of ether oxygens (including phenoxy) is 1. The van der Waals surface area contributed by atoms with Crippen LogP contribution in [0.25, 0.3) is 33.6 Å². The van der Waals surface area contributed by atoms with Gasteiger partial charge in [-0.2, -0.15) is 4.98 Å². The zero-order valence-electron chi connectivity index (χ0n) is 19.8. The molecule has 11 heteroatoms. The van der Waals surface area contributed by atoms with Crippen molar-refractivity contribution >= 4 is 45.3 Å². The summed E-state index contributed by atoms with van der Waals surface area (Å²) in [5.41, 5.74) is -1.04. The van der Waals surface area contributed by atoms with Gasteiger partial charge in [-0.05, 0) is 31.2 Å². The zero-order chi connectivity index (χ0) is 26.0. The van der Waals surface area contributed by atoms with Gasteiger partial charge in [0.2, 0.25) is 5.91 Å². The van der Waals surface area contributed by atoms with Gasteiger partial charge in [0.25, 0.3) is 0 Å². The molecule has 5 heterocycles. The fourth-order valence-corrected chi connectivity index (χ4v) is 5.06. The third-order valence-corrected chi connectivity index (χ3v) is 6.82. The van der Waals surface area contributed by atoms with Crippen LogP contribution in [-0.2, 0) is 4.79 Å². The number of carbonyl (C=O) groups excluding carboxylic acids is 1. The minimum atomic E-state index is -0.912. The molecular formula is C26H21F2N5O4. The third-order valence-electron chi connectivity index (χ3n) is 6.82. The van der Waals surface area contributed by atoms with E-state index in [4.69, 9.17) is 9.15 Å². The molecule has 1 aromatic carbocycles. The quantitative estimate of drug-likeness (QED) is 0.385. The average Bonchev–Trinajstić information content (AvgIpc) is 2.99. The second-order valence-corrected chi connectivity index (χ2v) is 9.00. The molecule has 4 aromatic rings. The standard InChI is InChI=1S/C26H21F2N5O4/c1-4-15-11-33-24-20-23(21(28)22(29-24)19-16(27)7-6-8-17(19)37-15)36-12-14-10-31(18(34)5-2)13(3)9-32(14)25(20)30-26(33)35/h4-8,11,13-14H,1-2,9-10,12H2,3H3/t13-,14+/m0/s1. The topological polar surface area (TPSA) is 93.2 Å². The molecule has 0 unspecified atom stereocenters. The van der Waals surface area contributed by atoms with Crippen molar-refractivity contribution in [2.75, 3.05) is 24.6 Å². The molecule has 1 saturated heterocycles. The van der Waals surface area contributed by atoms with Crippen LogP contribution in [0.1, 0.15) is 12.7 Å². The number of carbonyl (C=O) groups is 1. The minimum Gasteiger partial charge on any atom is -0.487 e. The number of hydrogen-bond donors (Lipinski definition) is 0. The smallest absolute Gasteiger partial charge is 0.355 e. The molecule has 3 aromatic heterocycles. The second kappa shape index (κ2) is 8.26. The van der Waals surface area contributed by atoms with Crippen molar-refractivity contribution in [1.29, 1.82) is 0 Å². The van der Waals surface area contributed by atoms with E-state index in [9.17, 15) is 9.59 Å². The maximum absolute atomic E-state index is 16.2. The van der Waals surface area contributed by atoms with Crippen LogP contribution in [0, 0.1) is 11.6 Å². The first-order valence-electron chi connectivity index (χ1n) is 11.6. The van der Waals surface area contributed by atoms with E-state index < -0.39 is 23.4 Å². The average molecular weight is 505 g/mol. The van der Waals surface area contributed by atoms with Gasteiger partial charge >= 0.3 is 5.69 Å². The van der Waals surface area contributed by atoms with Crippen molar-refractivity contribution in [2.45, 2.75) is 19.0 Å². The van der Waals surface area contributed by atoms with Gasteiger partial charge < -0.3 is 19.0 Å². The second-order valence-electron chi connectivity index (χ2n) is 9.00. The summed E-state index contributed by atoms with van der Waals surface area (Å²) in [4.78, 5) is 37.9. The van der Waals surface area contributed by atoms with Crippen molar-refractivity contribution in [3.05, 3.63) is 71.5 Å². The van der Waals surface area contributed by atoms with E-state index in [0.29, 0.717) is 6.54 Å². The van der Waals surface area contributed by atoms with E-state index >= 15 is 8.78 Å². The summed E-state index contributed by atoms with van der Waals surface area (Å²) < 4.78 is 44.2. The van der Waals surface area contributed by atoms with Gasteiger partial charge in [-0.15, -0.1) is 0 Å². The normalized spacial score (nSPS) is 18.9. The van der Waals surface area contributed by atoms with Crippen LogP contribution in [0.4, 0.5) is 14.6 Å². The van der Waals surface area contributed by atoms with Gasteiger partial charge in [0, 0.05) is 19.1 Å². The number of hydrogen-bond acceptors (Lipinski definition) is 7. The Morgan fingerprint density at radius 1 is 1.19 bits per heavy atom. The third kappa shape index (κ3) is 3.34. The molecule has 0 radical (unpaired) electrons. The molecule has 188 valence electrons. The van der Waals surface area contributed by atoms with Crippen molar-refractivity contribution in [1.82, 2.24) is 19.3 Å². The molecule has 6 rings (SSSR count). The van der Waals surface area contributed by atoms with E-state index in [1.54, 1.807) is 4.90 Å². The lowest BCUT2D eigenvalue weighted by molar-refractivity contribution is -0.129. The van der Waals surface area contributed by atoms with Crippen LogP contribution in [0.2, 0.25) is 0 Å². The summed E-state index contributed by atoms with van der Waals surface area (Å²) in [5.74, 6) is -1.83. The van der Waals surface area contributed by atoms with Crippen molar-refractivity contribution in [3.8, 4) is 5.75 Å². The predicted molar refractivity (Wildman–Crippen MR) is 133 cm³/mol. The van der Waals surface area contributed by atoms with Crippen LogP contribution in [-0.4, -0.2) is 57.0 Å². The highest BCUT2D eigenvalue weighted by atomic mass is 19.1. The Balaban J connectivity index is 1.74. The van der Waals surface area contributed by atoms with E-state index in [1.807, 2.05) is 11.8 Å². The highest BCUT2D eigenvalue weighted by Crippen LogP contribution is 2.40. The van der Waals surface area contributed by atoms with Gasteiger partial charge in [0.05, 0.1) is 17.6 Å². The number of amides is 1. The molecular weight excluding hydrogens is 484 g/mol.